The average molecular weight is 285 g/mol. The number of rotatable bonds is 3. The van der Waals surface area contributed by atoms with Crippen LogP contribution in [0.4, 0.5) is 5.69 Å². The molecule has 1 unspecified atom stereocenters. The molecule has 0 bridgehead atoms. The summed E-state index contributed by atoms with van der Waals surface area (Å²) in [7, 11) is 1.65. The smallest absolute Gasteiger partial charge is 0.161 e. The number of hydrogen-bond donors (Lipinski definition) is 1. The van der Waals surface area contributed by atoms with Crippen LogP contribution in [0.5, 0.6) is 5.75 Å². The number of methoxy groups -OCH3 is 1. The molecule has 0 fully saturated rings. The molecule has 1 N–H and O–H groups in total. The van der Waals surface area contributed by atoms with Gasteiger partial charge in [-0.25, -0.2) is 0 Å². The van der Waals surface area contributed by atoms with Crippen molar-refractivity contribution in [1.82, 2.24) is 0 Å². The molecule has 0 radical (unpaired) electrons. The van der Waals surface area contributed by atoms with E-state index in [0.29, 0.717) is 16.2 Å². The quantitative estimate of drug-likeness (QED) is 0.914. The Morgan fingerprint density at radius 3 is 2.89 bits per heavy atom. The predicted molar refractivity (Wildman–Crippen MR) is 80.1 cm³/mol. The lowest BCUT2D eigenvalue weighted by molar-refractivity contribution is 0.417. The van der Waals surface area contributed by atoms with Crippen molar-refractivity contribution in [2.45, 2.75) is 19.1 Å². The molecule has 18 heavy (non-hydrogen) atoms. The monoisotopic (exact) mass is 284 g/mol. The fourth-order valence-corrected chi connectivity index (χ4v) is 2.90. The SMILES string of the molecule is COc1ccc(Cl)cc1NC1=NCC(C(C)C)S1. The third kappa shape index (κ3) is 3.12. The summed E-state index contributed by atoms with van der Waals surface area (Å²) in [5.41, 5.74) is 0.862. The number of halogens is 1. The van der Waals surface area contributed by atoms with Crippen molar-refractivity contribution in [3.05, 3.63) is 23.2 Å². The number of thioether (sulfide) groups is 1. The maximum absolute atomic E-state index is 6.00. The van der Waals surface area contributed by atoms with Crippen molar-refractivity contribution in [3.8, 4) is 5.75 Å². The molecule has 0 spiro atoms. The van der Waals surface area contributed by atoms with E-state index < -0.39 is 0 Å². The van der Waals surface area contributed by atoms with Gasteiger partial charge in [-0.05, 0) is 24.1 Å². The van der Waals surface area contributed by atoms with Gasteiger partial charge >= 0.3 is 0 Å². The van der Waals surface area contributed by atoms with Crippen LogP contribution in [0, 0.1) is 5.92 Å². The van der Waals surface area contributed by atoms with Crippen LogP contribution in [-0.2, 0) is 0 Å². The summed E-state index contributed by atoms with van der Waals surface area (Å²) >= 11 is 7.78. The van der Waals surface area contributed by atoms with Crippen LogP contribution in [0.15, 0.2) is 23.2 Å². The van der Waals surface area contributed by atoms with Gasteiger partial charge in [-0.15, -0.1) is 0 Å². The summed E-state index contributed by atoms with van der Waals surface area (Å²) in [6.45, 7) is 5.31. The highest BCUT2D eigenvalue weighted by Crippen LogP contribution is 2.32. The van der Waals surface area contributed by atoms with Crippen LogP contribution < -0.4 is 10.1 Å². The third-order valence-corrected chi connectivity index (χ3v) is 4.51. The summed E-state index contributed by atoms with van der Waals surface area (Å²) in [5.74, 6) is 1.40. The van der Waals surface area contributed by atoms with Crippen LogP contribution in [0.2, 0.25) is 5.02 Å². The number of amidine groups is 1. The van der Waals surface area contributed by atoms with Gasteiger partial charge in [0.2, 0.25) is 0 Å². The molecule has 0 aromatic heterocycles. The van der Waals surface area contributed by atoms with Gasteiger partial charge in [0.1, 0.15) is 5.75 Å². The molecule has 98 valence electrons. The van der Waals surface area contributed by atoms with Gasteiger partial charge in [0, 0.05) is 10.3 Å². The van der Waals surface area contributed by atoms with Crippen LogP contribution in [-0.4, -0.2) is 24.1 Å². The summed E-state index contributed by atoms with van der Waals surface area (Å²) in [6.07, 6.45) is 0. The molecule has 3 nitrogen and oxygen atoms in total. The van der Waals surface area contributed by atoms with Crippen LogP contribution in [0.1, 0.15) is 13.8 Å². The molecule has 1 aromatic rings. The van der Waals surface area contributed by atoms with Gasteiger partial charge in [0.15, 0.2) is 5.17 Å². The lowest BCUT2D eigenvalue weighted by Crippen LogP contribution is -2.13. The van der Waals surface area contributed by atoms with E-state index in [1.54, 1.807) is 18.9 Å². The lowest BCUT2D eigenvalue weighted by atomic mass is 10.1. The molecule has 1 aliphatic heterocycles. The van der Waals surface area contributed by atoms with Gasteiger partial charge < -0.3 is 10.1 Å². The maximum Gasteiger partial charge on any atom is 0.161 e. The second kappa shape index (κ2) is 5.85. The molecule has 5 heteroatoms. The van der Waals surface area contributed by atoms with Crippen molar-refractivity contribution in [3.63, 3.8) is 0 Å². The first-order valence-electron chi connectivity index (χ1n) is 5.92. The average Bonchev–Trinajstić information content (AvgIpc) is 2.78. The van der Waals surface area contributed by atoms with Crippen molar-refractivity contribution in [2.24, 2.45) is 10.9 Å². The van der Waals surface area contributed by atoms with Crippen molar-refractivity contribution >= 4 is 34.2 Å². The Kier molecular flexibility index (Phi) is 4.40. The normalized spacial score (nSPS) is 18.9. The van der Waals surface area contributed by atoms with E-state index in [9.17, 15) is 0 Å². The zero-order valence-corrected chi connectivity index (χ0v) is 12.3. The summed E-state index contributed by atoms with van der Waals surface area (Å²) in [5, 5.41) is 5.46. The summed E-state index contributed by atoms with van der Waals surface area (Å²) in [4.78, 5) is 4.51. The Morgan fingerprint density at radius 1 is 1.50 bits per heavy atom. The second-order valence-corrected chi connectivity index (χ2v) is 6.18. The van der Waals surface area contributed by atoms with Gasteiger partial charge in [-0.2, -0.15) is 0 Å². The molecule has 0 saturated carbocycles. The van der Waals surface area contributed by atoms with E-state index in [2.05, 4.69) is 24.2 Å². The molecule has 0 saturated heterocycles. The minimum Gasteiger partial charge on any atom is -0.495 e. The largest absolute Gasteiger partial charge is 0.495 e. The zero-order valence-electron chi connectivity index (χ0n) is 10.7. The van der Waals surface area contributed by atoms with Gasteiger partial charge in [0.05, 0.1) is 19.3 Å². The van der Waals surface area contributed by atoms with Crippen molar-refractivity contribution < 1.29 is 4.74 Å². The van der Waals surface area contributed by atoms with E-state index in [0.717, 1.165) is 23.1 Å². The Morgan fingerprint density at radius 2 is 2.28 bits per heavy atom. The van der Waals surface area contributed by atoms with Crippen LogP contribution in [0.25, 0.3) is 0 Å². The minimum absolute atomic E-state index is 0.553. The van der Waals surface area contributed by atoms with Crippen molar-refractivity contribution in [2.75, 3.05) is 19.0 Å². The van der Waals surface area contributed by atoms with E-state index in [-0.39, 0.29) is 0 Å². The number of ether oxygens (including phenoxy) is 1. The molecule has 1 heterocycles. The van der Waals surface area contributed by atoms with Gasteiger partial charge in [-0.1, -0.05) is 37.2 Å². The maximum atomic E-state index is 6.00. The fourth-order valence-electron chi connectivity index (χ4n) is 1.70. The topological polar surface area (TPSA) is 33.6 Å². The highest BCUT2D eigenvalue weighted by atomic mass is 35.5. The molecular formula is C13H17ClN2OS. The third-order valence-electron chi connectivity index (χ3n) is 2.82. The van der Waals surface area contributed by atoms with Crippen molar-refractivity contribution in [1.29, 1.82) is 0 Å². The van der Waals surface area contributed by atoms with E-state index in [1.807, 2.05) is 18.2 Å². The first-order valence-corrected chi connectivity index (χ1v) is 7.17. The Balaban J connectivity index is 2.09. The van der Waals surface area contributed by atoms with E-state index in [1.165, 1.54) is 0 Å². The fraction of sp³-hybridized carbons (Fsp3) is 0.462. The van der Waals surface area contributed by atoms with E-state index >= 15 is 0 Å². The number of nitrogens with zero attached hydrogens (tertiary/aromatic N) is 1. The first kappa shape index (κ1) is 13.6. The molecule has 0 amide bonds. The molecule has 2 rings (SSSR count). The molecule has 1 atom stereocenters. The first-order chi connectivity index (χ1) is 8.60. The highest BCUT2D eigenvalue weighted by molar-refractivity contribution is 8.15. The number of anilines is 1. The van der Waals surface area contributed by atoms with E-state index in [4.69, 9.17) is 16.3 Å². The van der Waals surface area contributed by atoms with Gasteiger partial charge in [-0.3, -0.25) is 4.99 Å². The predicted octanol–water partition coefficient (Wildman–Crippen LogP) is 3.89. The van der Waals surface area contributed by atoms with Gasteiger partial charge in [0.25, 0.3) is 0 Å². The molecule has 1 aliphatic rings. The minimum atomic E-state index is 0.553. The Labute approximate surface area is 117 Å². The number of aliphatic imine (C=N–C) groups is 1. The van der Waals surface area contributed by atoms with Crippen LogP contribution in [0.3, 0.4) is 0 Å². The summed E-state index contributed by atoms with van der Waals surface area (Å²) in [6, 6.07) is 5.52. The summed E-state index contributed by atoms with van der Waals surface area (Å²) < 4.78 is 5.30. The zero-order chi connectivity index (χ0) is 13.1. The number of nitrogens with one attached hydrogen (secondary N) is 1. The standard InChI is InChI=1S/C13H17ClN2OS/c1-8(2)12-7-15-13(18-12)16-10-6-9(14)4-5-11(10)17-3/h4-6,8,12H,7H2,1-3H3,(H,15,16). The van der Waals surface area contributed by atoms with Crippen LogP contribution >= 0.6 is 23.4 Å². The molecular weight excluding hydrogens is 268 g/mol. The number of hydrogen-bond acceptors (Lipinski definition) is 4. The Bertz CT molecular complexity index is 462. The Hall–Kier alpha value is -0.870. The second-order valence-electron chi connectivity index (χ2n) is 4.52. The number of benzene rings is 1. The molecule has 1 aromatic carbocycles. The lowest BCUT2D eigenvalue weighted by Gasteiger charge is -2.13. The molecule has 0 aliphatic carbocycles. The highest BCUT2D eigenvalue weighted by Gasteiger charge is 2.23.